The number of Topliss-reactive ketones (excluding diaryl/α,β-unsaturated/α-hetero) is 1. The molecule has 0 bridgehead atoms. The smallest absolute Gasteiger partial charge is 0.171 e. The lowest BCUT2D eigenvalue weighted by molar-refractivity contribution is -0.123. The van der Waals surface area contributed by atoms with Crippen LogP contribution in [0, 0.1) is 5.41 Å². The fraction of sp³-hybridized carbons (Fsp3) is 0.375. The van der Waals surface area contributed by atoms with Crippen molar-refractivity contribution in [1.29, 1.82) is 0 Å². The van der Waals surface area contributed by atoms with Gasteiger partial charge in [0.2, 0.25) is 0 Å². The summed E-state index contributed by atoms with van der Waals surface area (Å²) in [6.45, 7) is 7.32. The van der Waals surface area contributed by atoms with Crippen molar-refractivity contribution >= 4 is 5.78 Å². The number of hydrogen-bond acceptors (Lipinski definition) is 1. The van der Waals surface area contributed by atoms with Crippen LogP contribution in [0.1, 0.15) is 13.8 Å². The largest absolute Gasteiger partial charge is 0.293 e. The van der Waals surface area contributed by atoms with Crippen LogP contribution in [-0.4, -0.2) is 5.78 Å². The summed E-state index contributed by atoms with van der Waals surface area (Å²) >= 11 is 0. The first-order valence-electron chi connectivity index (χ1n) is 2.98. The molecule has 1 heteroatoms. The summed E-state index contributed by atoms with van der Waals surface area (Å²) < 4.78 is 0. The summed E-state index contributed by atoms with van der Waals surface area (Å²) in [4.78, 5) is 11.0. The second-order valence-corrected chi connectivity index (χ2v) is 2.85. The van der Waals surface area contributed by atoms with Crippen LogP contribution in [-0.2, 0) is 4.79 Å². The molecule has 0 saturated heterocycles. The number of hydrogen-bond donors (Lipinski definition) is 0. The Kier molecular flexibility index (Phi) is 1.09. The molecule has 0 aromatic heterocycles. The Balaban J connectivity index is 2.91. The van der Waals surface area contributed by atoms with Crippen molar-refractivity contribution in [2.75, 3.05) is 0 Å². The molecule has 0 aliphatic heterocycles. The lowest BCUT2D eigenvalue weighted by atomic mass is 9.73. The predicted octanol–water partition coefficient (Wildman–Crippen LogP) is 1.71. The van der Waals surface area contributed by atoms with Crippen molar-refractivity contribution in [3.05, 3.63) is 24.3 Å². The molecule has 0 aromatic rings. The standard InChI is InChI=1S/C8H10O/c1-4-6-5-8(2,3)7(6)9/h4-5H,1H2,2-3H3. The van der Waals surface area contributed by atoms with E-state index in [1.165, 1.54) is 0 Å². The minimum absolute atomic E-state index is 0.206. The number of ketones is 1. The van der Waals surface area contributed by atoms with Gasteiger partial charge in [0.1, 0.15) is 0 Å². The Labute approximate surface area is 55.1 Å². The minimum Gasteiger partial charge on any atom is -0.293 e. The average molecular weight is 122 g/mol. The van der Waals surface area contributed by atoms with Crippen molar-refractivity contribution in [3.8, 4) is 0 Å². The molecule has 0 radical (unpaired) electrons. The summed E-state index contributed by atoms with van der Waals surface area (Å²) in [6, 6.07) is 0. The van der Waals surface area contributed by atoms with Gasteiger partial charge in [-0.25, -0.2) is 0 Å². The lowest BCUT2D eigenvalue weighted by Gasteiger charge is -2.28. The zero-order chi connectivity index (χ0) is 7.07. The number of allylic oxidation sites excluding steroid dienone is 3. The summed E-state index contributed by atoms with van der Waals surface area (Å²) in [5, 5.41) is 0. The zero-order valence-electron chi connectivity index (χ0n) is 5.77. The highest BCUT2D eigenvalue weighted by Crippen LogP contribution is 2.33. The molecule has 0 amide bonds. The van der Waals surface area contributed by atoms with Crippen LogP contribution in [0.5, 0.6) is 0 Å². The highest BCUT2D eigenvalue weighted by atomic mass is 16.1. The van der Waals surface area contributed by atoms with Crippen molar-refractivity contribution in [3.63, 3.8) is 0 Å². The summed E-state index contributed by atoms with van der Waals surface area (Å²) in [7, 11) is 0. The summed E-state index contributed by atoms with van der Waals surface area (Å²) in [5.74, 6) is 0.206. The van der Waals surface area contributed by atoms with Gasteiger partial charge < -0.3 is 0 Å². The van der Waals surface area contributed by atoms with Crippen LogP contribution in [0.3, 0.4) is 0 Å². The predicted molar refractivity (Wildman–Crippen MR) is 37.1 cm³/mol. The second kappa shape index (κ2) is 1.56. The first kappa shape index (κ1) is 6.27. The molecule has 0 aromatic carbocycles. The average Bonchev–Trinajstić information content (AvgIpc) is 1.82. The highest BCUT2D eigenvalue weighted by Gasteiger charge is 2.35. The van der Waals surface area contributed by atoms with E-state index in [-0.39, 0.29) is 11.2 Å². The molecule has 0 saturated carbocycles. The van der Waals surface area contributed by atoms with Crippen molar-refractivity contribution in [2.24, 2.45) is 5.41 Å². The molecule has 9 heavy (non-hydrogen) atoms. The van der Waals surface area contributed by atoms with Crippen LogP contribution in [0.15, 0.2) is 24.3 Å². The van der Waals surface area contributed by atoms with Crippen LogP contribution in [0.4, 0.5) is 0 Å². The molecule has 0 spiro atoms. The van der Waals surface area contributed by atoms with Gasteiger partial charge in [0.15, 0.2) is 5.78 Å². The molecule has 48 valence electrons. The lowest BCUT2D eigenvalue weighted by Crippen LogP contribution is -2.32. The Morgan fingerprint density at radius 2 is 2.22 bits per heavy atom. The van der Waals surface area contributed by atoms with E-state index in [2.05, 4.69) is 6.58 Å². The minimum atomic E-state index is -0.219. The fourth-order valence-corrected chi connectivity index (χ4v) is 0.966. The third kappa shape index (κ3) is 0.727. The van der Waals surface area contributed by atoms with Gasteiger partial charge in [-0.2, -0.15) is 0 Å². The van der Waals surface area contributed by atoms with Gasteiger partial charge in [-0.3, -0.25) is 4.79 Å². The summed E-state index contributed by atoms with van der Waals surface area (Å²) in [6.07, 6.45) is 3.54. The van der Waals surface area contributed by atoms with Gasteiger partial charge >= 0.3 is 0 Å². The third-order valence-electron chi connectivity index (χ3n) is 1.58. The molecule has 1 rings (SSSR count). The quantitative estimate of drug-likeness (QED) is 0.517. The van der Waals surface area contributed by atoms with E-state index in [1.54, 1.807) is 6.08 Å². The van der Waals surface area contributed by atoms with Crippen LogP contribution in [0.25, 0.3) is 0 Å². The number of carbonyl (C=O) groups excluding carboxylic acids is 1. The molecule has 1 aliphatic rings. The van der Waals surface area contributed by atoms with Crippen molar-refractivity contribution in [1.82, 2.24) is 0 Å². The molecule has 0 heterocycles. The monoisotopic (exact) mass is 122 g/mol. The van der Waals surface area contributed by atoms with Crippen LogP contribution >= 0.6 is 0 Å². The van der Waals surface area contributed by atoms with E-state index in [4.69, 9.17) is 0 Å². The summed E-state index contributed by atoms with van der Waals surface area (Å²) in [5.41, 5.74) is 0.545. The Morgan fingerprint density at radius 3 is 2.33 bits per heavy atom. The number of carbonyl (C=O) groups is 1. The zero-order valence-corrected chi connectivity index (χ0v) is 5.77. The molecule has 0 N–H and O–H groups in total. The maximum Gasteiger partial charge on any atom is 0.171 e. The van der Waals surface area contributed by atoms with E-state index in [1.807, 2.05) is 19.9 Å². The molecule has 1 nitrogen and oxygen atoms in total. The molecule has 1 aliphatic carbocycles. The topological polar surface area (TPSA) is 17.1 Å². The van der Waals surface area contributed by atoms with Gasteiger partial charge in [-0.1, -0.05) is 18.7 Å². The van der Waals surface area contributed by atoms with Crippen molar-refractivity contribution < 1.29 is 4.79 Å². The number of rotatable bonds is 1. The third-order valence-corrected chi connectivity index (χ3v) is 1.58. The normalized spacial score (nSPS) is 22.4. The molecule has 0 fully saturated rings. The highest BCUT2D eigenvalue weighted by molar-refractivity contribution is 6.09. The maximum atomic E-state index is 11.0. The Bertz CT molecular complexity index is 197. The van der Waals surface area contributed by atoms with Gasteiger partial charge in [0, 0.05) is 11.0 Å². The van der Waals surface area contributed by atoms with E-state index in [0.29, 0.717) is 0 Å². The van der Waals surface area contributed by atoms with Crippen LogP contribution in [0.2, 0.25) is 0 Å². The second-order valence-electron chi connectivity index (χ2n) is 2.85. The van der Waals surface area contributed by atoms with Gasteiger partial charge in [0.05, 0.1) is 0 Å². The van der Waals surface area contributed by atoms with Gasteiger partial charge in [0.25, 0.3) is 0 Å². The van der Waals surface area contributed by atoms with E-state index in [9.17, 15) is 4.79 Å². The molecular weight excluding hydrogens is 112 g/mol. The first-order valence-corrected chi connectivity index (χ1v) is 2.98. The Hall–Kier alpha value is -0.850. The van der Waals surface area contributed by atoms with E-state index in [0.717, 1.165) is 5.57 Å². The van der Waals surface area contributed by atoms with E-state index >= 15 is 0 Å². The van der Waals surface area contributed by atoms with Crippen molar-refractivity contribution in [2.45, 2.75) is 13.8 Å². The molecular formula is C8H10O. The molecule has 0 atom stereocenters. The first-order chi connectivity index (χ1) is 4.08. The van der Waals surface area contributed by atoms with Crippen LogP contribution < -0.4 is 0 Å². The van der Waals surface area contributed by atoms with Gasteiger partial charge in [-0.15, -0.1) is 0 Å². The Morgan fingerprint density at radius 1 is 1.67 bits per heavy atom. The SMILES string of the molecule is C=CC1=CC(C)(C)C1=O. The van der Waals surface area contributed by atoms with E-state index < -0.39 is 0 Å². The fourth-order valence-electron chi connectivity index (χ4n) is 0.966. The molecule has 0 unspecified atom stereocenters. The maximum absolute atomic E-state index is 11.0. The van der Waals surface area contributed by atoms with Gasteiger partial charge in [-0.05, 0) is 13.8 Å².